The molecule has 2 rings (SSSR count). The van der Waals surface area contributed by atoms with Gasteiger partial charge >= 0.3 is 0 Å². The monoisotopic (exact) mass is 284 g/mol. The van der Waals surface area contributed by atoms with E-state index in [1.54, 1.807) is 0 Å². The fourth-order valence-electron chi connectivity index (χ4n) is 1.73. The summed E-state index contributed by atoms with van der Waals surface area (Å²) < 4.78 is 56.5. The molecule has 0 bridgehead atoms. The Labute approximate surface area is 109 Å². The van der Waals surface area contributed by atoms with Crippen molar-refractivity contribution in [2.24, 2.45) is 0 Å². The Balaban J connectivity index is 2.24. The van der Waals surface area contributed by atoms with Gasteiger partial charge in [0.25, 0.3) is 10.1 Å². The normalized spacial score (nSPS) is 11.5. The van der Waals surface area contributed by atoms with Crippen LogP contribution in [-0.4, -0.2) is 13.0 Å². The summed E-state index contributed by atoms with van der Waals surface area (Å²) in [6, 6.07) is 8.63. The Morgan fingerprint density at radius 3 is 1.89 bits per heavy atom. The molecule has 0 amide bonds. The zero-order chi connectivity index (χ0) is 14.0. The molecule has 0 saturated carbocycles. The fraction of sp³-hybridized carbons (Fsp3) is 0.0769. The summed E-state index contributed by atoms with van der Waals surface area (Å²) in [5.41, 5.74) is 1.12. The van der Waals surface area contributed by atoms with E-state index in [0.29, 0.717) is 11.1 Å². The molecule has 0 radical (unpaired) electrons. The minimum atomic E-state index is -4.23. The van der Waals surface area contributed by atoms with Crippen molar-refractivity contribution in [2.75, 3.05) is 0 Å². The maximum Gasteiger partial charge on any atom is 0.294 e. The van der Waals surface area contributed by atoms with Crippen LogP contribution in [0.2, 0.25) is 0 Å². The average Bonchev–Trinajstić information content (AvgIpc) is 2.26. The van der Waals surface area contributed by atoms with Crippen LogP contribution in [0.25, 0.3) is 0 Å². The first-order chi connectivity index (χ1) is 8.84. The van der Waals surface area contributed by atoms with Crippen LogP contribution >= 0.6 is 0 Å². The number of benzene rings is 2. The highest BCUT2D eigenvalue weighted by Gasteiger charge is 2.09. The van der Waals surface area contributed by atoms with Gasteiger partial charge in [-0.1, -0.05) is 12.1 Å². The molecular weight excluding hydrogens is 274 g/mol. The number of halogens is 2. The van der Waals surface area contributed by atoms with Gasteiger partial charge in [-0.2, -0.15) is 8.42 Å². The predicted molar refractivity (Wildman–Crippen MR) is 65.4 cm³/mol. The van der Waals surface area contributed by atoms with Crippen molar-refractivity contribution in [1.29, 1.82) is 0 Å². The first kappa shape index (κ1) is 13.6. The van der Waals surface area contributed by atoms with Crippen molar-refractivity contribution >= 4 is 10.1 Å². The van der Waals surface area contributed by atoms with Crippen LogP contribution in [-0.2, 0) is 16.5 Å². The van der Waals surface area contributed by atoms with E-state index in [1.165, 1.54) is 36.4 Å². The van der Waals surface area contributed by atoms with E-state index >= 15 is 0 Å². The Morgan fingerprint density at radius 2 is 1.42 bits per heavy atom. The summed E-state index contributed by atoms with van der Waals surface area (Å²) in [5.74, 6) is -1.32. The zero-order valence-electron chi connectivity index (χ0n) is 9.68. The maximum absolute atomic E-state index is 13.0. The molecule has 0 fully saturated rings. The molecule has 0 aliphatic carbocycles. The van der Waals surface area contributed by atoms with Gasteiger partial charge in [0.05, 0.1) is 4.90 Å². The fourth-order valence-corrected chi connectivity index (χ4v) is 2.21. The molecule has 0 aromatic heterocycles. The molecule has 2 aromatic carbocycles. The van der Waals surface area contributed by atoms with Crippen LogP contribution in [0.4, 0.5) is 8.78 Å². The molecule has 3 nitrogen and oxygen atoms in total. The Kier molecular flexibility index (Phi) is 3.64. The van der Waals surface area contributed by atoms with Gasteiger partial charge < -0.3 is 0 Å². The van der Waals surface area contributed by atoms with Gasteiger partial charge in [0.2, 0.25) is 0 Å². The lowest BCUT2D eigenvalue weighted by molar-refractivity contribution is 0.483. The van der Waals surface area contributed by atoms with Gasteiger partial charge in [0, 0.05) is 6.07 Å². The molecule has 0 unspecified atom stereocenters. The van der Waals surface area contributed by atoms with Crippen LogP contribution in [0.3, 0.4) is 0 Å². The third-order valence-electron chi connectivity index (χ3n) is 2.55. The molecule has 0 aliphatic rings. The van der Waals surface area contributed by atoms with E-state index in [9.17, 15) is 17.2 Å². The van der Waals surface area contributed by atoms with Crippen molar-refractivity contribution in [3.63, 3.8) is 0 Å². The quantitative estimate of drug-likeness (QED) is 0.882. The van der Waals surface area contributed by atoms with Gasteiger partial charge in [-0.25, -0.2) is 8.78 Å². The molecule has 0 heterocycles. The van der Waals surface area contributed by atoms with Crippen molar-refractivity contribution in [1.82, 2.24) is 0 Å². The Hall–Kier alpha value is -1.79. The SMILES string of the molecule is O=S(=O)(O)c1ccc(Cc2cc(F)cc(F)c2)cc1. The molecule has 0 saturated heterocycles. The van der Waals surface area contributed by atoms with Crippen molar-refractivity contribution in [2.45, 2.75) is 11.3 Å². The average molecular weight is 284 g/mol. The molecule has 19 heavy (non-hydrogen) atoms. The minimum absolute atomic E-state index is 0.221. The van der Waals surface area contributed by atoms with Gasteiger partial charge in [0.1, 0.15) is 11.6 Å². The third kappa shape index (κ3) is 3.59. The summed E-state index contributed by atoms with van der Waals surface area (Å²) in [6.45, 7) is 0. The van der Waals surface area contributed by atoms with Crippen molar-refractivity contribution in [3.8, 4) is 0 Å². The first-order valence-electron chi connectivity index (χ1n) is 5.36. The number of rotatable bonds is 3. The topological polar surface area (TPSA) is 54.4 Å². The second-order valence-electron chi connectivity index (χ2n) is 4.07. The number of hydrogen-bond donors (Lipinski definition) is 1. The standard InChI is InChI=1S/C13H10F2O3S/c14-11-6-10(7-12(15)8-11)5-9-1-3-13(4-2-9)19(16,17)18/h1-4,6-8H,5H2,(H,16,17,18). The van der Waals surface area contributed by atoms with Crippen LogP contribution in [0, 0.1) is 11.6 Å². The molecule has 0 atom stereocenters. The second-order valence-corrected chi connectivity index (χ2v) is 5.50. The lowest BCUT2D eigenvalue weighted by atomic mass is 10.0. The van der Waals surface area contributed by atoms with Gasteiger partial charge in [0.15, 0.2) is 0 Å². The smallest absolute Gasteiger partial charge is 0.282 e. The van der Waals surface area contributed by atoms with Gasteiger partial charge in [-0.15, -0.1) is 0 Å². The van der Waals surface area contributed by atoms with E-state index in [2.05, 4.69) is 0 Å². The molecule has 100 valence electrons. The summed E-state index contributed by atoms with van der Waals surface area (Å²) in [5, 5.41) is 0. The highest BCUT2D eigenvalue weighted by Crippen LogP contribution is 2.15. The van der Waals surface area contributed by atoms with E-state index < -0.39 is 21.8 Å². The summed E-state index contributed by atoms with van der Waals surface area (Å²) >= 11 is 0. The highest BCUT2D eigenvalue weighted by molar-refractivity contribution is 7.85. The zero-order valence-corrected chi connectivity index (χ0v) is 10.5. The van der Waals surface area contributed by atoms with E-state index in [0.717, 1.165) is 6.07 Å². The summed E-state index contributed by atoms with van der Waals surface area (Å²) in [6.07, 6.45) is 0.264. The predicted octanol–water partition coefficient (Wildman–Crippen LogP) is 2.80. The number of hydrogen-bond acceptors (Lipinski definition) is 2. The Morgan fingerprint density at radius 1 is 0.895 bits per heavy atom. The molecule has 0 aliphatic heterocycles. The molecule has 2 aromatic rings. The largest absolute Gasteiger partial charge is 0.294 e. The summed E-state index contributed by atoms with van der Waals surface area (Å²) in [4.78, 5) is -0.221. The van der Waals surface area contributed by atoms with Gasteiger partial charge in [-0.3, -0.25) is 4.55 Å². The van der Waals surface area contributed by atoms with Crippen molar-refractivity contribution in [3.05, 3.63) is 65.2 Å². The second kappa shape index (κ2) is 5.07. The van der Waals surface area contributed by atoms with Crippen LogP contribution in [0.1, 0.15) is 11.1 Å². The molecule has 6 heteroatoms. The van der Waals surface area contributed by atoms with Crippen LogP contribution < -0.4 is 0 Å². The van der Waals surface area contributed by atoms with Crippen LogP contribution in [0.15, 0.2) is 47.4 Å². The maximum atomic E-state index is 13.0. The van der Waals surface area contributed by atoms with E-state index in [4.69, 9.17) is 4.55 Å². The van der Waals surface area contributed by atoms with Gasteiger partial charge in [-0.05, 0) is 41.8 Å². The summed E-state index contributed by atoms with van der Waals surface area (Å²) in [7, 11) is -4.23. The van der Waals surface area contributed by atoms with E-state index in [-0.39, 0.29) is 11.3 Å². The minimum Gasteiger partial charge on any atom is -0.282 e. The van der Waals surface area contributed by atoms with Crippen LogP contribution in [0.5, 0.6) is 0 Å². The van der Waals surface area contributed by atoms with E-state index in [1.807, 2.05) is 0 Å². The Bertz CT molecular complexity index is 674. The van der Waals surface area contributed by atoms with Crippen molar-refractivity contribution < 1.29 is 21.8 Å². The first-order valence-corrected chi connectivity index (χ1v) is 6.80. The molecular formula is C13H10F2O3S. The lowest BCUT2D eigenvalue weighted by Gasteiger charge is -2.04. The third-order valence-corrected chi connectivity index (χ3v) is 3.42. The lowest BCUT2D eigenvalue weighted by Crippen LogP contribution is -1.98. The molecule has 0 spiro atoms. The molecule has 1 N–H and O–H groups in total. The highest BCUT2D eigenvalue weighted by atomic mass is 32.2.